The number of aryl methyl sites for hydroxylation is 1. The van der Waals surface area contributed by atoms with E-state index < -0.39 is 34.9 Å². The molecule has 0 spiro atoms. The number of nitriles is 1. The van der Waals surface area contributed by atoms with Crippen molar-refractivity contribution in [3.63, 3.8) is 0 Å². The highest BCUT2D eigenvalue weighted by Crippen LogP contribution is 2.28. The second-order valence-corrected chi connectivity index (χ2v) is 9.56. The van der Waals surface area contributed by atoms with Crippen LogP contribution in [0, 0.1) is 18.3 Å². The molecule has 9 nitrogen and oxygen atoms in total. The quantitative estimate of drug-likeness (QED) is 0.383. The number of rotatable bonds is 9. The maximum Gasteiger partial charge on any atom is 0.387 e. The van der Waals surface area contributed by atoms with Gasteiger partial charge in [-0.3, -0.25) is 9.59 Å². The Balaban J connectivity index is 1.81. The molecule has 37 heavy (non-hydrogen) atoms. The topological polar surface area (TPSA) is 149 Å². The Bertz CT molecular complexity index is 1520. The Labute approximate surface area is 215 Å². The van der Waals surface area contributed by atoms with Crippen molar-refractivity contribution in [1.82, 2.24) is 0 Å². The Morgan fingerprint density at radius 3 is 2.49 bits per heavy atom. The summed E-state index contributed by atoms with van der Waals surface area (Å²) in [6.07, 6.45) is 0. The molecule has 3 rings (SSSR count). The lowest BCUT2D eigenvalue weighted by molar-refractivity contribution is -0.118. The van der Waals surface area contributed by atoms with Gasteiger partial charge in [-0.1, -0.05) is 11.6 Å². The fraction of sp³-hybridized carbons (Fsp3) is 0.125. The lowest BCUT2D eigenvalue weighted by Gasteiger charge is -2.13. The van der Waals surface area contributed by atoms with E-state index in [0.717, 1.165) is 12.1 Å². The number of halogens is 3. The molecule has 0 atom stereocenters. The largest absolute Gasteiger partial charge is 0.483 e. The molecule has 13 heteroatoms. The zero-order valence-corrected chi connectivity index (χ0v) is 20.6. The summed E-state index contributed by atoms with van der Waals surface area (Å²) < 4.78 is 58.1. The summed E-state index contributed by atoms with van der Waals surface area (Å²) in [5.74, 6) is -1.77. The van der Waals surface area contributed by atoms with Gasteiger partial charge in [0.25, 0.3) is 5.91 Å². The van der Waals surface area contributed by atoms with E-state index in [4.69, 9.17) is 21.5 Å². The van der Waals surface area contributed by atoms with Crippen molar-refractivity contribution in [3.8, 4) is 17.6 Å². The number of primary sulfonamides is 1. The zero-order valence-electron chi connectivity index (χ0n) is 19.0. The van der Waals surface area contributed by atoms with Gasteiger partial charge in [0.2, 0.25) is 10.0 Å². The number of ketones is 1. The van der Waals surface area contributed by atoms with Crippen LogP contribution in [0.5, 0.6) is 11.5 Å². The maximum absolute atomic E-state index is 13.2. The Morgan fingerprint density at radius 2 is 1.86 bits per heavy atom. The zero-order chi connectivity index (χ0) is 27.3. The monoisotopic (exact) mass is 549 g/mol. The van der Waals surface area contributed by atoms with Crippen LogP contribution in [-0.4, -0.2) is 33.3 Å². The fourth-order valence-electron chi connectivity index (χ4n) is 3.21. The number of ether oxygens (including phenoxy) is 2. The van der Waals surface area contributed by atoms with Gasteiger partial charge in [0, 0.05) is 16.3 Å². The van der Waals surface area contributed by atoms with E-state index in [0.29, 0.717) is 11.3 Å². The first-order valence-corrected chi connectivity index (χ1v) is 12.2. The summed E-state index contributed by atoms with van der Waals surface area (Å²) in [6.45, 7) is -2.14. The van der Waals surface area contributed by atoms with Crippen LogP contribution in [0.15, 0.2) is 59.5 Å². The molecular formula is C24H18ClF2N3O6S. The van der Waals surface area contributed by atoms with Crippen molar-refractivity contribution in [2.45, 2.75) is 18.4 Å². The molecule has 3 N–H and O–H groups in total. The first-order chi connectivity index (χ1) is 17.4. The van der Waals surface area contributed by atoms with E-state index in [-0.39, 0.29) is 38.1 Å². The van der Waals surface area contributed by atoms with E-state index in [1.54, 1.807) is 13.0 Å². The van der Waals surface area contributed by atoms with Crippen LogP contribution in [0.4, 0.5) is 14.5 Å². The van der Waals surface area contributed by atoms with E-state index in [2.05, 4.69) is 10.1 Å². The van der Waals surface area contributed by atoms with E-state index in [1.165, 1.54) is 42.5 Å². The van der Waals surface area contributed by atoms with Gasteiger partial charge in [-0.2, -0.15) is 14.0 Å². The number of amides is 1. The molecule has 0 bridgehead atoms. The van der Waals surface area contributed by atoms with Gasteiger partial charge in [-0.25, -0.2) is 13.6 Å². The van der Waals surface area contributed by atoms with Crippen molar-refractivity contribution in [3.05, 3.63) is 81.9 Å². The summed E-state index contributed by atoms with van der Waals surface area (Å²) >= 11 is 6.02. The number of alkyl halides is 2. The van der Waals surface area contributed by atoms with Crippen LogP contribution in [0.3, 0.4) is 0 Å². The van der Waals surface area contributed by atoms with Crippen LogP contribution < -0.4 is 19.9 Å². The maximum atomic E-state index is 13.2. The molecule has 0 aliphatic heterocycles. The number of hydrogen-bond acceptors (Lipinski definition) is 7. The van der Waals surface area contributed by atoms with Gasteiger partial charge in [-0.05, 0) is 67.1 Å². The molecule has 0 radical (unpaired) electrons. The Morgan fingerprint density at radius 1 is 1.14 bits per heavy atom. The number of nitrogens with two attached hydrogens (primary N) is 1. The van der Waals surface area contributed by atoms with Crippen LogP contribution in [0.2, 0.25) is 5.02 Å². The highest BCUT2D eigenvalue weighted by atomic mass is 35.5. The van der Waals surface area contributed by atoms with Crippen LogP contribution in [0.25, 0.3) is 0 Å². The summed E-state index contributed by atoms with van der Waals surface area (Å²) in [5, 5.41) is 17.0. The van der Waals surface area contributed by atoms with E-state index in [1.807, 2.05) is 0 Å². The van der Waals surface area contributed by atoms with Gasteiger partial charge in [-0.15, -0.1) is 0 Å². The highest BCUT2D eigenvalue weighted by molar-refractivity contribution is 7.89. The molecule has 192 valence electrons. The number of sulfonamides is 1. The first kappa shape index (κ1) is 27.5. The predicted octanol–water partition coefficient (Wildman–Crippen LogP) is 4.02. The molecule has 0 saturated heterocycles. The molecule has 0 heterocycles. The molecule has 0 fully saturated rings. The van der Waals surface area contributed by atoms with Crippen LogP contribution in [0.1, 0.15) is 27.0 Å². The number of benzene rings is 3. The number of anilines is 1. The minimum Gasteiger partial charge on any atom is -0.483 e. The molecular weight excluding hydrogens is 532 g/mol. The van der Waals surface area contributed by atoms with Crippen molar-refractivity contribution < 1.29 is 36.3 Å². The van der Waals surface area contributed by atoms with Crippen molar-refractivity contribution >= 4 is 39.0 Å². The fourth-order valence-corrected chi connectivity index (χ4v) is 3.98. The summed E-state index contributed by atoms with van der Waals surface area (Å²) in [7, 11) is -3.91. The number of carbonyl (C=O) groups is 2. The average Bonchev–Trinajstić information content (AvgIpc) is 2.82. The minimum atomic E-state index is -3.91. The molecule has 0 unspecified atom stereocenters. The van der Waals surface area contributed by atoms with Crippen LogP contribution >= 0.6 is 11.6 Å². The highest BCUT2D eigenvalue weighted by Gasteiger charge is 2.19. The number of hydrogen-bond donors (Lipinski definition) is 2. The third-order valence-electron chi connectivity index (χ3n) is 4.87. The molecule has 3 aromatic rings. The molecule has 3 aromatic carbocycles. The Kier molecular flexibility index (Phi) is 8.44. The van der Waals surface area contributed by atoms with Crippen molar-refractivity contribution in [2.75, 3.05) is 11.9 Å². The van der Waals surface area contributed by atoms with Gasteiger partial charge in [0.05, 0.1) is 22.1 Å². The summed E-state index contributed by atoms with van der Waals surface area (Å²) in [6, 6.07) is 13.0. The lowest BCUT2D eigenvalue weighted by atomic mass is 10.0. The summed E-state index contributed by atoms with van der Waals surface area (Å²) in [5.41, 5.74) is 0.424. The number of nitrogens with zero attached hydrogens (tertiary/aromatic N) is 1. The van der Waals surface area contributed by atoms with Gasteiger partial charge < -0.3 is 14.8 Å². The molecule has 0 aliphatic rings. The molecule has 0 saturated carbocycles. The van der Waals surface area contributed by atoms with Crippen LogP contribution in [-0.2, 0) is 14.8 Å². The average molecular weight is 550 g/mol. The second-order valence-electron chi connectivity index (χ2n) is 7.56. The van der Waals surface area contributed by atoms with Gasteiger partial charge >= 0.3 is 6.61 Å². The summed E-state index contributed by atoms with van der Waals surface area (Å²) in [4.78, 5) is 25.5. The standard InChI is InChI=1S/C24H18ClF2N3O6S/c1-13-6-18(37(29,33)34)3-4-20(13)30-22(31)12-35-21-5-2-16(25)10-19(21)23(32)15-7-14(11-28)8-17(9-15)36-24(26)27/h2-10,24H,12H2,1H3,(H,30,31)(H2,29,33,34). The van der Waals surface area contributed by atoms with E-state index >= 15 is 0 Å². The third kappa shape index (κ3) is 7.23. The normalized spacial score (nSPS) is 11.1. The number of carbonyl (C=O) groups excluding carboxylic acids is 2. The van der Waals surface area contributed by atoms with Crippen molar-refractivity contribution in [2.24, 2.45) is 5.14 Å². The smallest absolute Gasteiger partial charge is 0.387 e. The predicted molar refractivity (Wildman–Crippen MR) is 129 cm³/mol. The minimum absolute atomic E-state index is 0.0375. The van der Waals surface area contributed by atoms with Crippen molar-refractivity contribution in [1.29, 1.82) is 5.26 Å². The van der Waals surface area contributed by atoms with Gasteiger partial charge in [0.1, 0.15) is 11.5 Å². The molecule has 0 aliphatic carbocycles. The first-order valence-electron chi connectivity index (χ1n) is 10.3. The second kappa shape index (κ2) is 11.3. The third-order valence-corrected chi connectivity index (χ3v) is 6.01. The SMILES string of the molecule is Cc1cc(S(N)(=O)=O)ccc1NC(=O)COc1ccc(Cl)cc1C(=O)c1cc(C#N)cc(OC(F)F)c1. The molecule has 0 aromatic heterocycles. The number of nitrogens with one attached hydrogen (secondary N) is 1. The lowest BCUT2D eigenvalue weighted by Crippen LogP contribution is -2.21. The Hall–Kier alpha value is -4.05. The van der Waals surface area contributed by atoms with Gasteiger partial charge in [0.15, 0.2) is 12.4 Å². The molecule has 1 amide bonds. The van der Waals surface area contributed by atoms with E-state index in [9.17, 15) is 32.0 Å².